The predicted octanol–water partition coefficient (Wildman–Crippen LogP) is 0.424. The maximum Gasteiger partial charge on any atom is 0.274 e. The van der Waals surface area contributed by atoms with Crippen molar-refractivity contribution >= 4 is 15.7 Å². The highest BCUT2D eigenvalue weighted by molar-refractivity contribution is 7.91. The summed E-state index contributed by atoms with van der Waals surface area (Å²) in [6.45, 7) is -0.125. The third-order valence-corrected chi connectivity index (χ3v) is 5.38. The quantitative estimate of drug-likeness (QED) is 0.711. The van der Waals surface area contributed by atoms with Gasteiger partial charge in [0.1, 0.15) is 12.2 Å². The molecule has 1 saturated heterocycles. The number of hydrogen-bond acceptors (Lipinski definition) is 5. The molecule has 0 aromatic carbocycles. The third kappa shape index (κ3) is 4.71. The van der Waals surface area contributed by atoms with Gasteiger partial charge in [-0.3, -0.25) is 9.48 Å². The predicted molar refractivity (Wildman–Crippen MR) is 78.2 cm³/mol. The second kappa shape index (κ2) is 7.35. The average molecular weight is 351 g/mol. The second-order valence-electron chi connectivity index (χ2n) is 5.36. The van der Waals surface area contributed by atoms with E-state index in [4.69, 9.17) is 4.74 Å². The van der Waals surface area contributed by atoms with Gasteiger partial charge in [-0.2, -0.15) is 5.10 Å². The first-order chi connectivity index (χ1) is 10.8. The Hall–Kier alpha value is -1.55. The standard InChI is InChI=1S/C13H19F2N3O4S/c1-22-6-5-18(10-3-7-23(20,21)9-10)13(19)11-2-4-17(16-11)8-12(14)15/h2,4,10,12H,3,5-9H2,1H3. The summed E-state index contributed by atoms with van der Waals surface area (Å²) in [5.41, 5.74) is 0.0195. The first-order valence-corrected chi connectivity index (χ1v) is 8.96. The van der Waals surface area contributed by atoms with Crippen LogP contribution in [0.3, 0.4) is 0 Å². The van der Waals surface area contributed by atoms with Gasteiger partial charge in [-0.15, -0.1) is 0 Å². The number of carbonyl (C=O) groups excluding carboxylic acids is 1. The van der Waals surface area contributed by atoms with Gasteiger partial charge in [0.25, 0.3) is 12.3 Å². The molecule has 7 nitrogen and oxygen atoms in total. The molecule has 2 heterocycles. The first-order valence-electron chi connectivity index (χ1n) is 7.14. The number of alkyl halides is 2. The van der Waals surface area contributed by atoms with Crippen molar-refractivity contribution in [3.05, 3.63) is 18.0 Å². The van der Waals surface area contributed by atoms with Crippen LogP contribution >= 0.6 is 0 Å². The summed E-state index contributed by atoms with van der Waals surface area (Å²) >= 11 is 0. The van der Waals surface area contributed by atoms with Crippen LogP contribution in [0.1, 0.15) is 16.9 Å². The third-order valence-electron chi connectivity index (χ3n) is 3.63. The number of ether oxygens (including phenoxy) is 1. The van der Waals surface area contributed by atoms with Crippen LogP contribution < -0.4 is 0 Å². The zero-order valence-corrected chi connectivity index (χ0v) is 13.5. The van der Waals surface area contributed by atoms with Gasteiger partial charge in [0.05, 0.1) is 18.1 Å². The topological polar surface area (TPSA) is 81.5 Å². The normalized spacial score (nSPS) is 20.1. The molecule has 1 amide bonds. The van der Waals surface area contributed by atoms with Crippen molar-refractivity contribution in [2.45, 2.75) is 25.4 Å². The minimum Gasteiger partial charge on any atom is -0.383 e. The van der Waals surface area contributed by atoms with Crippen LogP contribution in [0.5, 0.6) is 0 Å². The van der Waals surface area contributed by atoms with E-state index < -0.39 is 34.8 Å². The number of sulfone groups is 1. The van der Waals surface area contributed by atoms with Gasteiger partial charge in [-0.05, 0) is 12.5 Å². The lowest BCUT2D eigenvalue weighted by Crippen LogP contribution is -2.43. The molecule has 0 bridgehead atoms. The van der Waals surface area contributed by atoms with Crippen molar-refractivity contribution in [1.29, 1.82) is 0 Å². The number of carbonyl (C=O) groups is 1. The maximum absolute atomic E-state index is 12.6. The molecule has 130 valence electrons. The van der Waals surface area contributed by atoms with Crippen LogP contribution in [0, 0.1) is 0 Å². The summed E-state index contributed by atoms with van der Waals surface area (Å²) in [7, 11) is -1.67. The van der Waals surface area contributed by atoms with E-state index in [0.717, 1.165) is 4.68 Å². The van der Waals surface area contributed by atoms with Crippen LogP contribution in [-0.4, -0.2) is 73.2 Å². The molecule has 1 unspecified atom stereocenters. The lowest BCUT2D eigenvalue weighted by atomic mass is 10.2. The molecule has 1 aromatic heterocycles. The lowest BCUT2D eigenvalue weighted by molar-refractivity contribution is 0.0615. The molecule has 23 heavy (non-hydrogen) atoms. The summed E-state index contributed by atoms with van der Waals surface area (Å²) < 4.78 is 53.9. The van der Waals surface area contributed by atoms with Crippen molar-refractivity contribution in [2.24, 2.45) is 0 Å². The second-order valence-corrected chi connectivity index (χ2v) is 7.59. The van der Waals surface area contributed by atoms with E-state index in [1.54, 1.807) is 0 Å². The molecule has 1 atom stereocenters. The molecule has 0 spiro atoms. The molecule has 0 N–H and O–H groups in total. The van der Waals surface area contributed by atoms with E-state index in [9.17, 15) is 22.0 Å². The van der Waals surface area contributed by atoms with Crippen molar-refractivity contribution in [3.8, 4) is 0 Å². The number of nitrogens with zero attached hydrogens (tertiary/aromatic N) is 3. The summed E-state index contributed by atoms with van der Waals surface area (Å²) in [6, 6.07) is 0.913. The Morgan fingerprint density at radius 1 is 1.57 bits per heavy atom. The summed E-state index contributed by atoms with van der Waals surface area (Å²) in [5, 5.41) is 3.84. The van der Waals surface area contributed by atoms with Crippen LogP contribution in [0.15, 0.2) is 12.3 Å². The Morgan fingerprint density at radius 2 is 2.30 bits per heavy atom. The summed E-state index contributed by atoms with van der Waals surface area (Å²) in [4.78, 5) is 14.0. The van der Waals surface area contributed by atoms with E-state index in [2.05, 4.69) is 5.10 Å². The Labute approximate surface area is 133 Å². The highest BCUT2D eigenvalue weighted by Crippen LogP contribution is 2.19. The summed E-state index contributed by atoms with van der Waals surface area (Å²) in [6.07, 6.45) is -0.906. The van der Waals surface area contributed by atoms with Crippen LogP contribution in [0.2, 0.25) is 0 Å². The van der Waals surface area contributed by atoms with Gasteiger partial charge in [-0.25, -0.2) is 17.2 Å². The molecule has 1 aromatic rings. The average Bonchev–Trinajstić information content (AvgIpc) is 3.05. The molecule has 1 aliphatic heterocycles. The van der Waals surface area contributed by atoms with Gasteiger partial charge in [-0.1, -0.05) is 0 Å². The Balaban J connectivity index is 2.14. The fourth-order valence-corrected chi connectivity index (χ4v) is 4.26. The molecule has 0 aliphatic carbocycles. The zero-order valence-electron chi connectivity index (χ0n) is 12.7. The smallest absolute Gasteiger partial charge is 0.274 e. The lowest BCUT2D eigenvalue weighted by Gasteiger charge is -2.27. The minimum atomic E-state index is -3.15. The largest absolute Gasteiger partial charge is 0.383 e. The maximum atomic E-state index is 12.6. The summed E-state index contributed by atoms with van der Waals surface area (Å²) in [5.74, 6) is -0.536. The van der Waals surface area contributed by atoms with Gasteiger partial charge >= 0.3 is 0 Å². The van der Waals surface area contributed by atoms with E-state index >= 15 is 0 Å². The van der Waals surface area contributed by atoms with Crippen molar-refractivity contribution < 1.29 is 26.7 Å². The number of rotatable bonds is 7. The SMILES string of the molecule is COCCN(C(=O)c1ccn(CC(F)F)n1)C1CCS(=O)(=O)C1. The minimum absolute atomic E-state index is 0.0195. The number of methoxy groups -OCH3 is 1. The van der Waals surface area contributed by atoms with E-state index in [0.29, 0.717) is 6.42 Å². The Kier molecular flexibility index (Phi) is 5.69. The number of halogens is 2. The van der Waals surface area contributed by atoms with E-state index in [1.165, 1.54) is 24.3 Å². The fourth-order valence-electron chi connectivity index (χ4n) is 2.53. The molecule has 2 rings (SSSR count). The van der Waals surface area contributed by atoms with Crippen molar-refractivity contribution in [3.63, 3.8) is 0 Å². The van der Waals surface area contributed by atoms with Gasteiger partial charge < -0.3 is 9.64 Å². The Bertz CT molecular complexity index is 647. The molecule has 0 radical (unpaired) electrons. The highest BCUT2D eigenvalue weighted by Gasteiger charge is 2.35. The Morgan fingerprint density at radius 3 is 2.87 bits per heavy atom. The zero-order chi connectivity index (χ0) is 17.0. The molecule has 1 fully saturated rings. The van der Waals surface area contributed by atoms with Crippen LogP contribution in [0.25, 0.3) is 0 Å². The number of amides is 1. The highest BCUT2D eigenvalue weighted by atomic mass is 32.2. The molecular weight excluding hydrogens is 332 g/mol. The molecule has 1 aliphatic rings. The monoisotopic (exact) mass is 351 g/mol. The van der Waals surface area contributed by atoms with E-state index in [1.807, 2.05) is 0 Å². The van der Waals surface area contributed by atoms with Crippen molar-refractivity contribution in [1.82, 2.24) is 14.7 Å². The molecular formula is C13H19F2N3O4S. The van der Waals surface area contributed by atoms with Gasteiger partial charge in [0.2, 0.25) is 0 Å². The van der Waals surface area contributed by atoms with Crippen molar-refractivity contribution in [2.75, 3.05) is 31.8 Å². The van der Waals surface area contributed by atoms with Gasteiger partial charge in [0.15, 0.2) is 9.84 Å². The fraction of sp³-hybridized carbons (Fsp3) is 0.692. The number of aromatic nitrogens is 2. The molecule has 10 heteroatoms. The number of hydrogen-bond donors (Lipinski definition) is 0. The van der Waals surface area contributed by atoms with Crippen LogP contribution in [0.4, 0.5) is 8.78 Å². The van der Waals surface area contributed by atoms with Gasteiger partial charge in [0, 0.05) is 25.9 Å². The molecule has 0 saturated carbocycles. The van der Waals surface area contributed by atoms with Crippen LogP contribution in [-0.2, 0) is 21.1 Å². The first kappa shape index (κ1) is 17.8. The van der Waals surface area contributed by atoms with E-state index in [-0.39, 0.29) is 30.4 Å².